The van der Waals surface area contributed by atoms with Crippen LogP contribution in [0.15, 0.2) is 217 Å². The smallest absolute Gasteiger partial charge is 0.00678 e. The SMILES string of the molecule is C.C.C#C.C#C/C=C\C1=C(C)C(C)(C)C(=C)C1.C=C/C=C(\C)c1cccc(-c2ccc(C)cc2)c1.CC.CC=C(C)C.Cc1ccc(-c2ccc(C)c(-c3ccc4ccccc4c3Cc3ccccc3C)c2)cc1. The Labute approximate surface area is 452 Å². The fraction of sp³-hybridized carbons (Fsp3) is 0.243. The minimum Gasteiger partial charge on any atom is -0.124 e. The molecule has 7 aromatic rings. The third kappa shape index (κ3) is 18.1. The summed E-state index contributed by atoms with van der Waals surface area (Å²) in [6, 6.07) is 55.0. The van der Waals surface area contributed by atoms with Crippen LogP contribution in [-0.4, -0.2) is 0 Å². The summed E-state index contributed by atoms with van der Waals surface area (Å²) in [5, 5.41) is 2.64. The Morgan fingerprint density at radius 3 is 1.70 bits per heavy atom. The second kappa shape index (κ2) is 32.4. The molecule has 0 radical (unpaired) electrons. The van der Waals surface area contributed by atoms with Crippen LogP contribution in [-0.2, 0) is 6.42 Å². The topological polar surface area (TPSA) is 0 Å². The van der Waals surface area contributed by atoms with Crippen molar-refractivity contribution in [2.75, 3.05) is 0 Å². The van der Waals surface area contributed by atoms with Crippen LogP contribution in [0.25, 0.3) is 49.7 Å². The van der Waals surface area contributed by atoms with E-state index in [4.69, 9.17) is 6.42 Å². The zero-order valence-electron chi connectivity index (χ0n) is 45.9. The van der Waals surface area contributed by atoms with Crippen LogP contribution in [0.1, 0.15) is 123 Å². The van der Waals surface area contributed by atoms with Gasteiger partial charge in [0.2, 0.25) is 0 Å². The molecule has 0 heterocycles. The predicted octanol–water partition coefficient (Wildman–Crippen LogP) is 21.9. The van der Waals surface area contributed by atoms with Crippen molar-refractivity contribution in [3.05, 3.63) is 256 Å². The van der Waals surface area contributed by atoms with Crippen LogP contribution < -0.4 is 0 Å². The third-order valence-electron chi connectivity index (χ3n) is 13.3. The van der Waals surface area contributed by atoms with Gasteiger partial charge >= 0.3 is 0 Å². The quantitative estimate of drug-likeness (QED) is 0.0809. The van der Waals surface area contributed by atoms with E-state index in [-0.39, 0.29) is 20.3 Å². The Kier molecular flexibility index (Phi) is 28.2. The van der Waals surface area contributed by atoms with E-state index in [1.54, 1.807) is 6.08 Å². The lowest BCUT2D eigenvalue weighted by Crippen LogP contribution is -2.09. The molecule has 0 nitrogen and oxygen atoms in total. The van der Waals surface area contributed by atoms with E-state index in [1.807, 2.05) is 39.0 Å². The van der Waals surface area contributed by atoms with Crippen molar-refractivity contribution in [1.29, 1.82) is 0 Å². The molecule has 0 amide bonds. The summed E-state index contributed by atoms with van der Waals surface area (Å²) in [6.45, 7) is 35.4. The molecule has 0 aromatic heterocycles. The molecule has 0 fully saturated rings. The molecule has 0 spiro atoms. The van der Waals surface area contributed by atoms with Crippen molar-refractivity contribution in [3.8, 4) is 58.6 Å². The first-order valence-electron chi connectivity index (χ1n) is 25.2. The van der Waals surface area contributed by atoms with E-state index in [1.165, 1.54) is 111 Å². The van der Waals surface area contributed by atoms with Gasteiger partial charge in [-0.15, -0.1) is 19.3 Å². The largest absolute Gasteiger partial charge is 0.124 e. The molecular formula is C74H88. The number of allylic oxidation sites excluding steroid dienone is 10. The maximum atomic E-state index is 5.17. The predicted molar refractivity (Wildman–Crippen MR) is 337 cm³/mol. The van der Waals surface area contributed by atoms with E-state index >= 15 is 0 Å². The second-order valence-corrected chi connectivity index (χ2v) is 18.8. The van der Waals surface area contributed by atoms with Gasteiger partial charge in [0.1, 0.15) is 0 Å². The Morgan fingerprint density at radius 1 is 0.635 bits per heavy atom. The molecular weight excluding hydrogens is 889 g/mol. The van der Waals surface area contributed by atoms with E-state index in [0.29, 0.717) is 0 Å². The van der Waals surface area contributed by atoms with Crippen LogP contribution in [0, 0.1) is 58.3 Å². The highest BCUT2D eigenvalue weighted by molar-refractivity contribution is 5.93. The van der Waals surface area contributed by atoms with Crippen molar-refractivity contribution in [2.24, 2.45) is 5.41 Å². The van der Waals surface area contributed by atoms with Crippen LogP contribution in [0.2, 0.25) is 0 Å². The van der Waals surface area contributed by atoms with Crippen LogP contribution in [0.4, 0.5) is 0 Å². The first kappa shape index (κ1) is 64.4. The summed E-state index contributed by atoms with van der Waals surface area (Å²) >= 11 is 0. The maximum absolute atomic E-state index is 5.17. The zero-order chi connectivity index (χ0) is 53.4. The standard InChI is InChI=1S/C32H28.C18H18.C13H16.C5H10.C2H6.C2H2.2CH4/c1-22-12-15-25(16-13-22)28-17-14-24(3)31(21-28)30-19-18-26-9-6-7-11-29(26)32(30)20-27-10-5-4-8-23(27)2;1-4-6-15(3)17-7-5-8-18(13-17)16-11-9-14(2)10-12-16;1-6-7-8-12-9-10(2)13(4,5)11(12)3;1-4-5(2)3;2*1-2;;/h4-19,21H,20H2,1-3H3;4-13H,1H2,2-3H3;1,7-8H,2,9H2,3-5H3;4H,1-3H3;1-2H3;1-2H;2*1H4/b;15-6+;8-7-;;;;;. The van der Waals surface area contributed by atoms with Gasteiger partial charge in [0.15, 0.2) is 0 Å². The number of hydrogen-bond acceptors (Lipinski definition) is 0. The number of benzene rings is 7. The Balaban J connectivity index is 0.000000553. The van der Waals surface area contributed by atoms with Gasteiger partial charge in [-0.2, -0.15) is 0 Å². The highest BCUT2D eigenvalue weighted by Crippen LogP contribution is 2.45. The number of aryl methyl sites for hydroxylation is 4. The zero-order valence-corrected chi connectivity index (χ0v) is 45.9. The van der Waals surface area contributed by atoms with Gasteiger partial charge in [0, 0.05) is 5.41 Å². The van der Waals surface area contributed by atoms with Gasteiger partial charge in [-0.1, -0.05) is 253 Å². The lowest BCUT2D eigenvalue weighted by Gasteiger charge is -2.21. The molecule has 0 N–H and O–H groups in total. The first-order valence-corrected chi connectivity index (χ1v) is 25.2. The van der Waals surface area contributed by atoms with Crippen LogP contribution in [0.3, 0.4) is 0 Å². The van der Waals surface area contributed by atoms with Gasteiger partial charge in [0.05, 0.1) is 0 Å². The van der Waals surface area contributed by atoms with Gasteiger partial charge in [-0.3, -0.25) is 0 Å². The normalized spacial score (nSPS) is 11.9. The highest BCUT2D eigenvalue weighted by atomic mass is 14.4. The molecule has 0 saturated heterocycles. The number of terminal acetylenes is 2. The molecule has 0 bridgehead atoms. The van der Waals surface area contributed by atoms with Crippen molar-refractivity contribution >= 4 is 16.3 Å². The molecule has 0 heteroatoms. The molecule has 0 aliphatic heterocycles. The van der Waals surface area contributed by atoms with Gasteiger partial charge in [-0.25, -0.2) is 0 Å². The van der Waals surface area contributed by atoms with E-state index in [9.17, 15) is 0 Å². The van der Waals surface area contributed by atoms with Crippen molar-refractivity contribution in [3.63, 3.8) is 0 Å². The average Bonchev–Trinajstić information content (AvgIpc) is 3.60. The fourth-order valence-electron chi connectivity index (χ4n) is 8.16. The summed E-state index contributed by atoms with van der Waals surface area (Å²) < 4.78 is 0. The van der Waals surface area contributed by atoms with E-state index < -0.39 is 0 Å². The van der Waals surface area contributed by atoms with E-state index in [0.717, 1.165) is 12.8 Å². The molecule has 8 rings (SSSR count). The Bertz CT molecular complexity index is 3060. The Morgan fingerprint density at radius 2 is 1.18 bits per heavy atom. The Hall–Kier alpha value is -7.64. The minimum absolute atomic E-state index is 0. The summed E-state index contributed by atoms with van der Waals surface area (Å²) in [4.78, 5) is 0. The number of rotatable bonds is 8. The summed E-state index contributed by atoms with van der Waals surface area (Å²) in [6.07, 6.45) is 24.8. The molecule has 0 saturated carbocycles. The molecule has 74 heavy (non-hydrogen) atoms. The van der Waals surface area contributed by atoms with Crippen molar-refractivity contribution < 1.29 is 0 Å². The molecule has 1 aliphatic rings. The van der Waals surface area contributed by atoms with Gasteiger partial charge in [0.25, 0.3) is 0 Å². The molecule has 1 aliphatic carbocycles. The van der Waals surface area contributed by atoms with Crippen LogP contribution in [0.5, 0.6) is 0 Å². The summed E-state index contributed by atoms with van der Waals surface area (Å²) in [7, 11) is 0. The third-order valence-corrected chi connectivity index (χ3v) is 13.3. The monoisotopic (exact) mass is 977 g/mol. The summed E-state index contributed by atoms with van der Waals surface area (Å²) in [5.74, 6) is 2.51. The van der Waals surface area contributed by atoms with Gasteiger partial charge < -0.3 is 0 Å². The lowest BCUT2D eigenvalue weighted by molar-refractivity contribution is 0.556. The fourth-order valence-corrected chi connectivity index (χ4v) is 8.16. The highest BCUT2D eigenvalue weighted by Gasteiger charge is 2.31. The number of fused-ring (bicyclic) bond motifs is 1. The molecule has 0 unspecified atom stereocenters. The lowest BCUT2D eigenvalue weighted by atomic mass is 9.83. The van der Waals surface area contributed by atoms with Crippen LogP contribution >= 0.6 is 0 Å². The summed E-state index contributed by atoms with van der Waals surface area (Å²) in [5.41, 5.74) is 23.7. The number of hydrogen-bond donors (Lipinski definition) is 0. The molecule has 0 atom stereocenters. The average molecular weight is 978 g/mol. The van der Waals surface area contributed by atoms with Crippen molar-refractivity contribution in [2.45, 2.75) is 118 Å². The molecule has 7 aromatic carbocycles. The van der Waals surface area contributed by atoms with Gasteiger partial charge in [-0.05, 0) is 176 Å². The maximum Gasteiger partial charge on any atom is 0.00678 e. The van der Waals surface area contributed by atoms with E-state index in [2.05, 4.69) is 259 Å². The minimum atomic E-state index is 0. The molecule has 384 valence electrons. The first-order chi connectivity index (χ1) is 34.6. The second-order valence-electron chi connectivity index (χ2n) is 18.8. The van der Waals surface area contributed by atoms with Crippen molar-refractivity contribution in [1.82, 2.24) is 0 Å².